The molecule has 1 heterocycles. The van der Waals surface area contributed by atoms with E-state index in [0.717, 1.165) is 5.56 Å². The number of carbonyl (C=O) groups excluding carboxylic acids is 1. The van der Waals surface area contributed by atoms with E-state index in [1.54, 1.807) is 26.2 Å². The van der Waals surface area contributed by atoms with Gasteiger partial charge < -0.3 is 15.7 Å². The van der Waals surface area contributed by atoms with Crippen LogP contribution in [0.1, 0.15) is 38.8 Å². The Hall–Kier alpha value is -2.05. The molecule has 7 nitrogen and oxygen atoms in total. The molecule has 0 aliphatic carbocycles. The summed E-state index contributed by atoms with van der Waals surface area (Å²) in [6.45, 7) is 5.47. The molecule has 1 aromatic heterocycles. The van der Waals surface area contributed by atoms with Gasteiger partial charge in [-0.25, -0.2) is 9.59 Å². The summed E-state index contributed by atoms with van der Waals surface area (Å²) in [4.78, 5) is 22.9. The van der Waals surface area contributed by atoms with Crippen LogP contribution in [0.5, 0.6) is 0 Å². The number of H-pyrrole nitrogens is 1. The van der Waals surface area contributed by atoms with Crippen molar-refractivity contribution in [1.29, 1.82) is 0 Å². The highest BCUT2D eigenvalue weighted by atomic mass is 16.4. The maximum absolute atomic E-state index is 11.8. The quantitative estimate of drug-likeness (QED) is 0.623. The van der Waals surface area contributed by atoms with Gasteiger partial charge in [0.25, 0.3) is 0 Å². The van der Waals surface area contributed by atoms with Crippen LogP contribution in [0.4, 0.5) is 4.79 Å². The van der Waals surface area contributed by atoms with Crippen LogP contribution < -0.4 is 10.6 Å². The summed E-state index contributed by atoms with van der Waals surface area (Å²) in [6, 6.07) is -1.63. The van der Waals surface area contributed by atoms with Crippen LogP contribution in [0.3, 0.4) is 0 Å². The predicted octanol–water partition coefficient (Wildman–Crippen LogP) is 1.27. The average molecular weight is 268 g/mol. The standard InChI is InChI=1S/C12H20N4O3/c1-4-7(2)10(11(17)18)16-12(19)15-8(3)9-5-13-14-6-9/h5-8,10H,4H2,1-3H3,(H,13,14)(H,17,18)(H2,15,16,19). The summed E-state index contributed by atoms with van der Waals surface area (Å²) in [5.41, 5.74) is 0.825. The molecule has 1 aromatic rings. The zero-order chi connectivity index (χ0) is 14.4. The first-order chi connectivity index (χ1) is 8.95. The molecule has 0 fully saturated rings. The molecule has 3 unspecified atom stereocenters. The third-order valence-electron chi connectivity index (χ3n) is 3.13. The third-order valence-corrected chi connectivity index (χ3v) is 3.13. The highest BCUT2D eigenvalue weighted by Crippen LogP contribution is 2.10. The van der Waals surface area contributed by atoms with Gasteiger partial charge in [0.05, 0.1) is 12.2 Å². The molecule has 0 spiro atoms. The predicted molar refractivity (Wildman–Crippen MR) is 69.5 cm³/mol. The number of aliphatic carboxylic acids is 1. The monoisotopic (exact) mass is 268 g/mol. The van der Waals surface area contributed by atoms with E-state index in [1.807, 2.05) is 6.92 Å². The van der Waals surface area contributed by atoms with Crippen molar-refractivity contribution in [3.63, 3.8) is 0 Å². The number of nitrogens with zero attached hydrogens (tertiary/aromatic N) is 1. The topological polar surface area (TPSA) is 107 Å². The van der Waals surface area contributed by atoms with Gasteiger partial charge in [-0.3, -0.25) is 5.10 Å². The molecule has 3 atom stereocenters. The second-order valence-electron chi connectivity index (χ2n) is 4.57. The molecular weight excluding hydrogens is 248 g/mol. The molecule has 0 aliphatic rings. The third kappa shape index (κ3) is 4.27. The van der Waals surface area contributed by atoms with E-state index in [-0.39, 0.29) is 12.0 Å². The van der Waals surface area contributed by atoms with Crippen molar-refractivity contribution in [3.05, 3.63) is 18.0 Å². The molecule has 2 amide bonds. The van der Waals surface area contributed by atoms with Gasteiger partial charge in [-0.1, -0.05) is 20.3 Å². The minimum atomic E-state index is -1.03. The fourth-order valence-electron chi connectivity index (χ4n) is 1.64. The van der Waals surface area contributed by atoms with E-state index >= 15 is 0 Å². The van der Waals surface area contributed by atoms with Gasteiger partial charge in [-0.2, -0.15) is 5.10 Å². The molecule has 19 heavy (non-hydrogen) atoms. The van der Waals surface area contributed by atoms with E-state index in [9.17, 15) is 9.59 Å². The van der Waals surface area contributed by atoms with Crippen molar-refractivity contribution >= 4 is 12.0 Å². The van der Waals surface area contributed by atoms with E-state index in [1.165, 1.54) is 0 Å². The van der Waals surface area contributed by atoms with Crippen molar-refractivity contribution in [3.8, 4) is 0 Å². The second-order valence-corrected chi connectivity index (χ2v) is 4.57. The fraction of sp³-hybridized carbons (Fsp3) is 0.583. The number of aromatic amines is 1. The molecule has 0 radical (unpaired) electrons. The highest BCUT2D eigenvalue weighted by molar-refractivity contribution is 5.82. The number of carboxylic acids is 1. The van der Waals surface area contributed by atoms with Crippen LogP contribution in [0.15, 0.2) is 12.4 Å². The lowest BCUT2D eigenvalue weighted by atomic mass is 9.99. The van der Waals surface area contributed by atoms with Gasteiger partial charge in [0.1, 0.15) is 6.04 Å². The normalized spacial score (nSPS) is 15.3. The van der Waals surface area contributed by atoms with Crippen molar-refractivity contribution in [2.45, 2.75) is 39.3 Å². The van der Waals surface area contributed by atoms with Gasteiger partial charge in [0.2, 0.25) is 0 Å². The fourth-order valence-corrected chi connectivity index (χ4v) is 1.64. The van der Waals surface area contributed by atoms with Crippen LogP contribution in [0.25, 0.3) is 0 Å². The van der Waals surface area contributed by atoms with Crippen LogP contribution in [0.2, 0.25) is 0 Å². The zero-order valence-corrected chi connectivity index (χ0v) is 11.3. The maximum atomic E-state index is 11.8. The summed E-state index contributed by atoms with van der Waals surface area (Å²) in [5, 5.41) is 20.7. The summed E-state index contributed by atoms with van der Waals surface area (Å²) in [5.74, 6) is -1.16. The number of urea groups is 1. The van der Waals surface area contributed by atoms with Crippen molar-refractivity contribution in [2.75, 3.05) is 0 Å². The molecule has 0 bridgehead atoms. The zero-order valence-electron chi connectivity index (χ0n) is 11.3. The first-order valence-corrected chi connectivity index (χ1v) is 6.24. The number of rotatable bonds is 6. The lowest BCUT2D eigenvalue weighted by molar-refractivity contribution is -0.140. The number of amides is 2. The Kier molecular flexibility index (Phi) is 5.35. The van der Waals surface area contributed by atoms with E-state index in [2.05, 4.69) is 20.8 Å². The Morgan fingerprint density at radius 3 is 2.58 bits per heavy atom. The summed E-state index contributed by atoms with van der Waals surface area (Å²) < 4.78 is 0. The minimum absolute atomic E-state index is 0.132. The molecule has 0 saturated carbocycles. The molecule has 0 aliphatic heterocycles. The summed E-state index contributed by atoms with van der Waals surface area (Å²) in [6.07, 6.45) is 3.96. The number of carboxylic acid groups (broad SMARTS) is 1. The van der Waals surface area contributed by atoms with E-state index in [0.29, 0.717) is 6.42 Å². The molecule has 0 aromatic carbocycles. The molecular formula is C12H20N4O3. The average Bonchev–Trinajstić information content (AvgIpc) is 2.88. The minimum Gasteiger partial charge on any atom is -0.480 e. The second kappa shape index (κ2) is 6.77. The number of aromatic nitrogens is 2. The Morgan fingerprint density at radius 2 is 2.11 bits per heavy atom. The van der Waals surface area contributed by atoms with Gasteiger partial charge in [0, 0.05) is 11.8 Å². The maximum Gasteiger partial charge on any atom is 0.326 e. The Morgan fingerprint density at radius 1 is 1.42 bits per heavy atom. The van der Waals surface area contributed by atoms with Crippen molar-refractivity contribution < 1.29 is 14.7 Å². The van der Waals surface area contributed by atoms with Crippen LogP contribution in [-0.4, -0.2) is 33.3 Å². The SMILES string of the molecule is CCC(C)C(NC(=O)NC(C)c1cn[nH]c1)C(=O)O. The number of carbonyl (C=O) groups is 2. The largest absolute Gasteiger partial charge is 0.480 e. The number of hydrogen-bond acceptors (Lipinski definition) is 3. The molecule has 1 rings (SSSR count). The Bertz CT molecular complexity index is 419. The smallest absolute Gasteiger partial charge is 0.326 e. The first-order valence-electron chi connectivity index (χ1n) is 6.24. The highest BCUT2D eigenvalue weighted by Gasteiger charge is 2.25. The van der Waals surface area contributed by atoms with Crippen LogP contribution in [0, 0.1) is 5.92 Å². The Labute approximate surface area is 111 Å². The van der Waals surface area contributed by atoms with E-state index < -0.39 is 18.0 Å². The van der Waals surface area contributed by atoms with Gasteiger partial charge in [-0.05, 0) is 12.8 Å². The Balaban J connectivity index is 2.56. The first kappa shape index (κ1) is 15.0. The lowest BCUT2D eigenvalue weighted by Crippen LogP contribution is -2.49. The molecule has 7 heteroatoms. The lowest BCUT2D eigenvalue weighted by Gasteiger charge is -2.21. The van der Waals surface area contributed by atoms with Gasteiger partial charge in [-0.15, -0.1) is 0 Å². The molecule has 0 saturated heterocycles. The van der Waals surface area contributed by atoms with Gasteiger partial charge >= 0.3 is 12.0 Å². The van der Waals surface area contributed by atoms with Gasteiger partial charge in [0.15, 0.2) is 0 Å². The number of nitrogens with one attached hydrogen (secondary N) is 3. The van der Waals surface area contributed by atoms with Crippen molar-refractivity contribution in [2.24, 2.45) is 5.92 Å². The van der Waals surface area contributed by atoms with Crippen LogP contribution >= 0.6 is 0 Å². The van der Waals surface area contributed by atoms with Crippen molar-refractivity contribution in [1.82, 2.24) is 20.8 Å². The number of hydrogen-bond donors (Lipinski definition) is 4. The van der Waals surface area contributed by atoms with E-state index in [4.69, 9.17) is 5.11 Å². The molecule has 4 N–H and O–H groups in total. The van der Waals surface area contributed by atoms with Crippen LogP contribution in [-0.2, 0) is 4.79 Å². The summed E-state index contributed by atoms with van der Waals surface area (Å²) >= 11 is 0. The molecule has 106 valence electrons. The summed E-state index contributed by atoms with van der Waals surface area (Å²) in [7, 11) is 0.